The fourth-order valence-electron chi connectivity index (χ4n) is 0.799. The van der Waals surface area contributed by atoms with Gasteiger partial charge in [-0.25, -0.2) is 4.79 Å². The smallest absolute Gasteiger partial charge is 0.326 e. The Morgan fingerprint density at radius 2 is 2.23 bits per heavy atom. The van der Waals surface area contributed by atoms with Gasteiger partial charge in [0.1, 0.15) is 6.04 Å². The third kappa shape index (κ3) is 5.66. The zero-order chi connectivity index (χ0) is 10.4. The molecular weight excluding hydrogens is 174 g/mol. The molecule has 1 amide bonds. The van der Waals surface area contributed by atoms with Crippen LogP contribution in [-0.4, -0.2) is 28.9 Å². The van der Waals surface area contributed by atoms with Gasteiger partial charge in [-0.3, -0.25) is 10.2 Å². The van der Waals surface area contributed by atoms with E-state index in [0.29, 0.717) is 12.8 Å². The van der Waals surface area contributed by atoms with Gasteiger partial charge in [-0.15, -0.1) is 0 Å². The molecule has 1 saturated heterocycles. The van der Waals surface area contributed by atoms with E-state index in [1.165, 1.54) is 6.92 Å². The first-order chi connectivity index (χ1) is 5.93. The summed E-state index contributed by atoms with van der Waals surface area (Å²) in [6.07, 6.45) is 0.769. The van der Waals surface area contributed by atoms with E-state index in [1.807, 2.05) is 0 Å². The average Bonchev–Trinajstić information content (AvgIpc) is 2.34. The molecule has 5 N–H and O–H groups in total. The molecule has 13 heavy (non-hydrogen) atoms. The molecule has 1 aliphatic rings. The maximum Gasteiger partial charge on any atom is 0.326 e. The first-order valence-electron chi connectivity index (χ1n) is 3.76. The van der Waals surface area contributed by atoms with E-state index in [1.54, 1.807) is 0 Å². The van der Waals surface area contributed by atoms with E-state index in [2.05, 4.69) is 5.32 Å². The Morgan fingerprint density at radius 1 is 1.77 bits per heavy atom. The second-order valence-corrected chi connectivity index (χ2v) is 2.68. The van der Waals surface area contributed by atoms with E-state index >= 15 is 0 Å². The Hall–Kier alpha value is -1.59. The Labute approximate surface area is 75.6 Å². The highest BCUT2D eigenvalue weighted by Crippen LogP contribution is 2.05. The SMILES string of the molecule is CC(=N)N.O=C1CC[C@@H](C(=O)O)N1. The summed E-state index contributed by atoms with van der Waals surface area (Å²) >= 11 is 0. The molecule has 0 aromatic heterocycles. The maximum absolute atomic E-state index is 10.4. The summed E-state index contributed by atoms with van der Waals surface area (Å²) in [7, 11) is 0. The molecule has 1 aliphatic heterocycles. The van der Waals surface area contributed by atoms with Crippen molar-refractivity contribution in [3.63, 3.8) is 0 Å². The Balaban J connectivity index is 0.000000310. The van der Waals surface area contributed by atoms with E-state index in [0.717, 1.165) is 0 Å². The maximum atomic E-state index is 10.4. The number of carboxylic acids is 1. The predicted octanol–water partition coefficient (Wildman–Crippen LogP) is -0.708. The van der Waals surface area contributed by atoms with Crippen molar-refractivity contribution >= 4 is 17.7 Å². The first kappa shape index (κ1) is 11.4. The highest BCUT2D eigenvalue weighted by Gasteiger charge is 2.26. The number of rotatable bonds is 1. The lowest BCUT2D eigenvalue weighted by molar-refractivity contribution is -0.140. The van der Waals surface area contributed by atoms with Gasteiger partial charge in [0.25, 0.3) is 0 Å². The van der Waals surface area contributed by atoms with Crippen LogP contribution in [0.3, 0.4) is 0 Å². The number of amidine groups is 1. The van der Waals surface area contributed by atoms with Gasteiger partial charge < -0.3 is 16.2 Å². The molecule has 1 rings (SSSR count). The largest absolute Gasteiger partial charge is 0.480 e. The van der Waals surface area contributed by atoms with Gasteiger partial charge in [-0.1, -0.05) is 0 Å². The molecule has 0 radical (unpaired) electrons. The van der Waals surface area contributed by atoms with Gasteiger partial charge in [0.15, 0.2) is 0 Å². The molecule has 0 aromatic carbocycles. The monoisotopic (exact) mass is 187 g/mol. The van der Waals surface area contributed by atoms with Crippen LogP contribution in [0.1, 0.15) is 19.8 Å². The van der Waals surface area contributed by atoms with Crippen LogP contribution < -0.4 is 11.1 Å². The summed E-state index contributed by atoms with van der Waals surface area (Å²) in [6, 6.07) is -0.641. The number of hydrogen-bond donors (Lipinski definition) is 4. The normalized spacial score (nSPS) is 19.8. The third-order valence-corrected chi connectivity index (χ3v) is 1.29. The van der Waals surface area contributed by atoms with Crippen LogP contribution in [0.15, 0.2) is 0 Å². The van der Waals surface area contributed by atoms with Gasteiger partial charge in [0.2, 0.25) is 5.91 Å². The number of nitrogens with two attached hydrogens (primary N) is 1. The molecule has 6 nitrogen and oxygen atoms in total. The van der Waals surface area contributed by atoms with Crippen molar-refractivity contribution in [2.75, 3.05) is 0 Å². The van der Waals surface area contributed by atoms with Crippen molar-refractivity contribution in [1.29, 1.82) is 5.41 Å². The molecular formula is C7H13N3O3. The van der Waals surface area contributed by atoms with Crippen LogP contribution in [0.4, 0.5) is 0 Å². The molecule has 0 bridgehead atoms. The molecule has 6 heteroatoms. The lowest BCUT2D eigenvalue weighted by Crippen LogP contribution is -2.32. The number of carbonyl (C=O) groups excluding carboxylic acids is 1. The summed E-state index contributed by atoms with van der Waals surface area (Å²) in [5, 5.41) is 16.9. The fraction of sp³-hybridized carbons (Fsp3) is 0.571. The standard InChI is InChI=1S/C5H7NO3.C2H6N2/c7-4-2-1-3(6-4)5(8)9;1-2(3)4/h3H,1-2H2,(H,6,7)(H,8,9);1H3,(H3,3,4)/t3-;/m0./s1. The molecule has 1 heterocycles. The van der Waals surface area contributed by atoms with E-state index in [4.69, 9.17) is 16.2 Å². The lowest BCUT2D eigenvalue weighted by Gasteiger charge is -1.99. The fourth-order valence-corrected chi connectivity index (χ4v) is 0.799. The zero-order valence-electron chi connectivity index (χ0n) is 7.33. The number of nitrogens with one attached hydrogen (secondary N) is 2. The van der Waals surface area contributed by atoms with Crippen molar-refractivity contribution < 1.29 is 14.7 Å². The van der Waals surface area contributed by atoms with E-state index in [9.17, 15) is 9.59 Å². The van der Waals surface area contributed by atoms with Crippen LogP contribution in [0.2, 0.25) is 0 Å². The second kappa shape index (κ2) is 5.13. The highest BCUT2D eigenvalue weighted by atomic mass is 16.4. The first-order valence-corrected chi connectivity index (χ1v) is 3.76. The molecule has 74 valence electrons. The van der Waals surface area contributed by atoms with Gasteiger partial charge in [0.05, 0.1) is 5.84 Å². The van der Waals surface area contributed by atoms with Crippen LogP contribution in [-0.2, 0) is 9.59 Å². The minimum Gasteiger partial charge on any atom is -0.480 e. The molecule has 0 unspecified atom stereocenters. The topological polar surface area (TPSA) is 116 Å². The van der Waals surface area contributed by atoms with Gasteiger partial charge in [-0.2, -0.15) is 0 Å². The Kier molecular flexibility index (Phi) is 4.50. The third-order valence-electron chi connectivity index (χ3n) is 1.29. The lowest BCUT2D eigenvalue weighted by atomic mass is 10.2. The van der Waals surface area contributed by atoms with Crippen molar-refractivity contribution in [3.8, 4) is 0 Å². The van der Waals surface area contributed by atoms with Gasteiger partial charge in [0, 0.05) is 6.42 Å². The van der Waals surface area contributed by atoms with Gasteiger partial charge in [-0.05, 0) is 13.3 Å². The number of hydrogen-bond acceptors (Lipinski definition) is 3. The summed E-state index contributed by atoms with van der Waals surface area (Å²) in [4.78, 5) is 20.5. The quantitative estimate of drug-likeness (QED) is 0.320. The molecule has 0 spiro atoms. The Bertz CT molecular complexity index is 223. The van der Waals surface area contributed by atoms with E-state index < -0.39 is 12.0 Å². The van der Waals surface area contributed by atoms with Crippen molar-refractivity contribution in [3.05, 3.63) is 0 Å². The van der Waals surface area contributed by atoms with Crippen LogP contribution >= 0.6 is 0 Å². The van der Waals surface area contributed by atoms with Crippen molar-refractivity contribution in [2.24, 2.45) is 5.73 Å². The molecule has 1 fully saturated rings. The Morgan fingerprint density at radius 3 is 2.38 bits per heavy atom. The zero-order valence-corrected chi connectivity index (χ0v) is 7.33. The average molecular weight is 187 g/mol. The minimum atomic E-state index is -0.944. The van der Waals surface area contributed by atoms with Crippen LogP contribution in [0.25, 0.3) is 0 Å². The summed E-state index contributed by atoms with van der Waals surface area (Å²) in [5.74, 6) is -0.941. The molecule has 0 aromatic rings. The molecule has 0 aliphatic carbocycles. The van der Waals surface area contributed by atoms with E-state index in [-0.39, 0.29) is 11.7 Å². The predicted molar refractivity (Wildman–Crippen MR) is 46.4 cm³/mol. The van der Waals surface area contributed by atoms with Crippen molar-refractivity contribution in [2.45, 2.75) is 25.8 Å². The number of aliphatic carboxylic acids is 1. The van der Waals surface area contributed by atoms with Crippen LogP contribution in [0, 0.1) is 5.41 Å². The number of amides is 1. The summed E-state index contributed by atoms with van der Waals surface area (Å²) in [6.45, 7) is 1.53. The second-order valence-electron chi connectivity index (χ2n) is 2.68. The summed E-state index contributed by atoms with van der Waals surface area (Å²) in [5.41, 5.74) is 4.69. The van der Waals surface area contributed by atoms with Crippen LogP contribution in [0.5, 0.6) is 0 Å². The highest BCUT2D eigenvalue weighted by molar-refractivity contribution is 5.87. The minimum absolute atomic E-state index is 0.164. The molecule has 0 saturated carbocycles. The van der Waals surface area contributed by atoms with Gasteiger partial charge >= 0.3 is 5.97 Å². The molecule has 1 atom stereocenters. The number of carboxylic acid groups (broad SMARTS) is 1. The number of carbonyl (C=O) groups is 2. The van der Waals surface area contributed by atoms with Crippen molar-refractivity contribution in [1.82, 2.24) is 5.32 Å². The summed E-state index contributed by atoms with van der Waals surface area (Å²) < 4.78 is 0.